The maximum atomic E-state index is 16.5. The standard InChI is InChI=1S/C32H34Cl2FN3O4S/c1-20(33)6-4-9-26(35)29-28-27(16-17-37(30(28)39)24-12-14-25(15-13-24)43(3,41)42)38(19-21-10-11-21)32(29,2)31(40)36-23-8-5-7-22(34)18-23/h4-9,12-15,18,21,27-29H,1,10-11,16-17,19H2,2-3H3,(H,36,40)/b6-4-,26-9-/t27-,28+,29-,32+/m0/s1. The lowest BCUT2D eigenvalue weighted by molar-refractivity contribution is -0.128. The molecule has 0 bridgehead atoms. The largest absolute Gasteiger partial charge is 0.324 e. The van der Waals surface area contributed by atoms with Crippen molar-refractivity contribution in [1.82, 2.24) is 4.90 Å². The number of rotatable bonds is 9. The van der Waals surface area contributed by atoms with Crippen LogP contribution in [0.1, 0.15) is 26.2 Å². The summed E-state index contributed by atoms with van der Waals surface area (Å²) in [6.45, 7) is 6.22. The molecule has 7 nitrogen and oxygen atoms in total. The van der Waals surface area contributed by atoms with Gasteiger partial charge in [-0.15, -0.1) is 0 Å². The van der Waals surface area contributed by atoms with Crippen LogP contribution in [0.25, 0.3) is 0 Å². The van der Waals surface area contributed by atoms with Crippen LogP contribution in [0.2, 0.25) is 5.02 Å². The van der Waals surface area contributed by atoms with Gasteiger partial charge in [0.05, 0.1) is 16.7 Å². The highest BCUT2D eigenvalue weighted by atomic mass is 35.5. The summed E-state index contributed by atoms with van der Waals surface area (Å²) in [5.41, 5.74) is -0.429. The molecule has 5 rings (SSSR count). The lowest BCUT2D eigenvalue weighted by Crippen LogP contribution is -2.57. The molecule has 11 heteroatoms. The number of amides is 2. The summed E-state index contributed by atoms with van der Waals surface area (Å²) in [5, 5.41) is 3.60. The molecule has 2 saturated heterocycles. The van der Waals surface area contributed by atoms with E-state index >= 15 is 4.39 Å². The molecule has 0 unspecified atom stereocenters. The fourth-order valence-electron chi connectivity index (χ4n) is 6.40. The third-order valence-electron chi connectivity index (χ3n) is 8.68. The molecule has 2 heterocycles. The molecule has 1 aliphatic carbocycles. The van der Waals surface area contributed by atoms with Crippen molar-refractivity contribution in [3.05, 3.63) is 89.2 Å². The van der Waals surface area contributed by atoms with Gasteiger partial charge in [-0.2, -0.15) is 0 Å². The Balaban J connectivity index is 1.58. The highest BCUT2D eigenvalue weighted by molar-refractivity contribution is 7.90. The zero-order valence-corrected chi connectivity index (χ0v) is 26.3. The van der Waals surface area contributed by atoms with Crippen molar-refractivity contribution < 1.29 is 22.4 Å². The quantitative estimate of drug-likeness (QED) is 0.321. The average molecular weight is 647 g/mol. The van der Waals surface area contributed by atoms with Crippen molar-refractivity contribution in [1.29, 1.82) is 0 Å². The van der Waals surface area contributed by atoms with E-state index in [0.29, 0.717) is 41.8 Å². The minimum Gasteiger partial charge on any atom is -0.324 e. The number of allylic oxidation sites excluding steroid dienone is 4. The molecular weight excluding hydrogens is 612 g/mol. The number of anilines is 2. The van der Waals surface area contributed by atoms with Gasteiger partial charge in [-0.3, -0.25) is 14.5 Å². The minimum absolute atomic E-state index is 0.139. The molecule has 0 radical (unpaired) electrons. The Hall–Kier alpha value is -2.98. The van der Waals surface area contributed by atoms with Crippen LogP contribution in [0.4, 0.5) is 15.8 Å². The first-order valence-corrected chi connectivity index (χ1v) is 16.8. The number of halogens is 3. The summed E-state index contributed by atoms with van der Waals surface area (Å²) < 4.78 is 40.5. The lowest BCUT2D eigenvalue weighted by Gasteiger charge is -2.40. The van der Waals surface area contributed by atoms with Gasteiger partial charge in [0.1, 0.15) is 11.4 Å². The molecule has 2 aliphatic heterocycles. The molecule has 3 fully saturated rings. The van der Waals surface area contributed by atoms with E-state index in [1.165, 1.54) is 30.4 Å². The van der Waals surface area contributed by atoms with Crippen molar-refractivity contribution in [3.63, 3.8) is 0 Å². The third-order valence-corrected chi connectivity index (χ3v) is 10.2. The second-order valence-corrected chi connectivity index (χ2v) is 14.6. The zero-order valence-electron chi connectivity index (χ0n) is 24.0. The third kappa shape index (κ3) is 6.45. The Labute approximate surface area is 261 Å². The van der Waals surface area contributed by atoms with E-state index in [2.05, 4.69) is 11.9 Å². The van der Waals surface area contributed by atoms with E-state index in [9.17, 15) is 18.0 Å². The molecule has 1 N–H and O–H groups in total. The Morgan fingerprint density at radius 3 is 2.49 bits per heavy atom. The normalized spacial score (nSPS) is 26.5. The summed E-state index contributed by atoms with van der Waals surface area (Å²) in [7, 11) is -3.42. The first-order chi connectivity index (χ1) is 20.3. The number of carbonyl (C=O) groups is 2. The predicted octanol–water partition coefficient (Wildman–Crippen LogP) is 6.37. The van der Waals surface area contributed by atoms with Crippen LogP contribution in [-0.2, 0) is 19.4 Å². The monoisotopic (exact) mass is 645 g/mol. The molecule has 0 aromatic heterocycles. The van der Waals surface area contributed by atoms with Gasteiger partial charge in [0, 0.05) is 46.8 Å². The van der Waals surface area contributed by atoms with Gasteiger partial charge < -0.3 is 10.2 Å². The van der Waals surface area contributed by atoms with E-state index in [1.54, 1.807) is 48.2 Å². The van der Waals surface area contributed by atoms with E-state index in [-0.39, 0.29) is 21.9 Å². The first-order valence-electron chi connectivity index (χ1n) is 14.1. The topological polar surface area (TPSA) is 86.8 Å². The molecule has 228 valence electrons. The van der Waals surface area contributed by atoms with Crippen molar-refractivity contribution in [2.24, 2.45) is 17.8 Å². The molecule has 1 saturated carbocycles. The maximum Gasteiger partial charge on any atom is 0.245 e. The molecule has 0 spiro atoms. The van der Waals surface area contributed by atoms with Gasteiger partial charge in [-0.1, -0.05) is 41.9 Å². The van der Waals surface area contributed by atoms with Crippen molar-refractivity contribution in [2.75, 3.05) is 29.6 Å². The number of nitrogens with zero attached hydrogens (tertiary/aromatic N) is 2. The highest BCUT2D eigenvalue weighted by Crippen LogP contribution is 2.53. The number of nitrogens with one attached hydrogen (secondary N) is 1. The molecule has 43 heavy (non-hydrogen) atoms. The first kappa shape index (κ1) is 31.4. The second kappa shape index (κ2) is 12.2. The molecular formula is C32H34Cl2FN3O4S. The SMILES string of the molecule is C=C(Cl)/C=C\C=C(/F)[C@H]1[C@@H]2C(=O)N(c3ccc(S(C)(=O)=O)cc3)CC[C@@H]2N(CC2CC2)[C@@]1(C)C(=O)Nc1cccc(Cl)c1. The van der Waals surface area contributed by atoms with Crippen LogP contribution >= 0.6 is 23.2 Å². The van der Waals surface area contributed by atoms with Gasteiger partial charge >= 0.3 is 0 Å². The van der Waals surface area contributed by atoms with Crippen molar-refractivity contribution >= 4 is 56.2 Å². The molecule has 2 aromatic rings. The Morgan fingerprint density at radius 2 is 1.88 bits per heavy atom. The number of hydrogen-bond donors (Lipinski definition) is 1. The van der Waals surface area contributed by atoms with Gasteiger partial charge in [0.15, 0.2) is 9.84 Å². The Morgan fingerprint density at radius 1 is 1.19 bits per heavy atom. The van der Waals surface area contributed by atoms with Crippen LogP contribution in [0.5, 0.6) is 0 Å². The number of benzene rings is 2. The van der Waals surface area contributed by atoms with E-state index < -0.39 is 38.9 Å². The summed E-state index contributed by atoms with van der Waals surface area (Å²) in [5.74, 6) is -2.99. The van der Waals surface area contributed by atoms with Crippen LogP contribution in [0.3, 0.4) is 0 Å². The summed E-state index contributed by atoms with van der Waals surface area (Å²) in [4.78, 5) is 32.3. The van der Waals surface area contributed by atoms with E-state index in [1.807, 2.05) is 4.90 Å². The number of hydrogen-bond acceptors (Lipinski definition) is 5. The number of sulfone groups is 1. The minimum atomic E-state index is -3.42. The summed E-state index contributed by atoms with van der Waals surface area (Å²) in [6.07, 6.45) is 7.76. The smallest absolute Gasteiger partial charge is 0.245 e. The van der Waals surface area contributed by atoms with Crippen LogP contribution in [-0.4, -0.2) is 56.1 Å². The Bertz CT molecular complexity index is 1610. The fraction of sp³-hybridized carbons (Fsp3) is 0.375. The van der Waals surface area contributed by atoms with Gasteiger partial charge in [-0.25, -0.2) is 12.8 Å². The summed E-state index contributed by atoms with van der Waals surface area (Å²) >= 11 is 12.0. The van der Waals surface area contributed by atoms with Gasteiger partial charge in [0.2, 0.25) is 11.8 Å². The second-order valence-electron chi connectivity index (χ2n) is 11.7. The fourth-order valence-corrected chi connectivity index (χ4v) is 7.29. The number of piperidine rings is 1. The molecule has 3 aliphatic rings. The number of likely N-dealkylation sites (tertiary alicyclic amines) is 1. The molecule has 2 amide bonds. The summed E-state index contributed by atoms with van der Waals surface area (Å²) in [6, 6.07) is 12.5. The number of fused-ring (bicyclic) bond motifs is 1. The van der Waals surface area contributed by atoms with Gasteiger partial charge in [0.25, 0.3) is 0 Å². The van der Waals surface area contributed by atoms with Crippen LogP contribution in [0, 0.1) is 17.8 Å². The van der Waals surface area contributed by atoms with Crippen LogP contribution < -0.4 is 10.2 Å². The van der Waals surface area contributed by atoms with E-state index in [4.69, 9.17) is 23.2 Å². The maximum absolute atomic E-state index is 16.5. The average Bonchev–Trinajstić information content (AvgIpc) is 3.72. The molecule has 2 aromatic carbocycles. The van der Waals surface area contributed by atoms with Gasteiger partial charge in [-0.05, 0) is 86.7 Å². The molecule has 4 atom stereocenters. The Kier molecular flexibility index (Phi) is 8.91. The van der Waals surface area contributed by atoms with Crippen molar-refractivity contribution in [3.8, 4) is 0 Å². The van der Waals surface area contributed by atoms with Crippen LogP contribution in [0.15, 0.2) is 89.1 Å². The van der Waals surface area contributed by atoms with Crippen molar-refractivity contribution in [2.45, 2.75) is 42.7 Å². The van der Waals surface area contributed by atoms with E-state index in [0.717, 1.165) is 19.1 Å². The highest BCUT2D eigenvalue weighted by Gasteiger charge is 2.65. The predicted molar refractivity (Wildman–Crippen MR) is 169 cm³/mol. The lowest BCUT2D eigenvalue weighted by atomic mass is 9.75. The number of carbonyl (C=O) groups excluding carboxylic acids is 2. The zero-order chi connectivity index (χ0) is 31.1.